The van der Waals surface area contributed by atoms with Crippen molar-refractivity contribution < 1.29 is 9.53 Å². The first-order chi connectivity index (χ1) is 6.18. The molecule has 1 aromatic heterocycles. The second-order valence-corrected chi connectivity index (χ2v) is 2.54. The van der Waals surface area contributed by atoms with Crippen molar-refractivity contribution in [2.75, 3.05) is 5.32 Å². The van der Waals surface area contributed by atoms with Gasteiger partial charge in [0.2, 0.25) is 5.95 Å². The molecule has 0 atom stereocenters. The molecule has 1 aromatic rings. The maximum atomic E-state index is 11.0. The average molecular weight is 182 g/mol. The van der Waals surface area contributed by atoms with E-state index in [0.717, 1.165) is 0 Å². The molecule has 0 aliphatic carbocycles. The average Bonchev–Trinajstić information content (AvgIpc) is 2.04. The Balaban J connectivity index is 2.46. The molecule has 70 valence electrons. The van der Waals surface area contributed by atoms with E-state index in [0.29, 0.717) is 0 Å². The van der Waals surface area contributed by atoms with Gasteiger partial charge >= 0.3 is 6.09 Å². The van der Waals surface area contributed by atoms with Crippen LogP contribution in [0.25, 0.3) is 0 Å². The lowest BCUT2D eigenvalue weighted by Crippen LogP contribution is -2.19. The van der Waals surface area contributed by atoms with Crippen LogP contribution >= 0.6 is 0 Å². The zero-order valence-corrected chi connectivity index (χ0v) is 7.39. The Morgan fingerprint density at radius 1 is 1.46 bits per heavy atom. The van der Waals surface area contributed by atoms with Crippen LogP contribution < -0.4 is 5.32 Å². The predicted molar refractivity (Wildman–Crippen MR) is 45.1 cm³/mol. The van der Waals surface area contributed by atoms with E-state index < -0.39 is 6.09 Å². The molecular weight excluding hydrogens is 172 g/mol. The van der Waals surface area contributed by atoms with Gasteiger partial charge in [-0.3, -0.25) is 5.32 Å². The summed E-state index contributed by atoms with van der Waals surface area (Å²) in [5.74, 6) is 0.181. The molecule has 0 saturated heterocycles. The molecule has 1 rings (SSSR count). The molecular formula is C7H10N4O2. The van der Waals surface area contributed by atoms with Gasteiger partial charge in [0.1, 0.15) is 12.7 Å². The highest BCUT2D eigenvalue weighted by molar-refractivity contribution is 5.82. The second kappa shape index (κ2) is 4.34. The molecule has 0 spiro atoms. The Bertz CT molecular complexity index is 275. The van der Waals surface area contributed by atoms with Crippen molar-refractivity contribution in [3.8, 4) is 0 Å². The normalized spacial score (nSPS) is 9.77. The van der Waals surface area contributed by atoms with Crippen molar-refractivity contribution in [1.82, 2.24) is 15.0 Å². The molecule has 1 N–H and O–H groups in total. The summed E-state index contributed by atoms with van der Waals surface area (Å²) in [6.07, 6.45) is 1.85. The van der Waals surface area contributed by atoms with Gasteiger partial charge in [-0.15, -0.1) is 0 Å². The van der Waals surface area contributed by atoms with Crippen LogP contribution in [0.4, 0.5) is 10.7 Å². The number of hydrogen-bond donors (Lipinski definition) is 1. The number of nitrogens with one attached hydrogen (secondary N) is 1. The largest absolute Gasteiger partial charge is 0.447 e. The van der Waals surface area contributed by atoms with E-state index >= 15 is 0 Å². The van der Waals surface area contributed by atoms with E-state index in [9.17, 15) is 4.79 Å². The molecule has 1 amide bonds. The summed E-state index contributed by atoms with van der Waals surface area (Å²) in [7, 11) is 0. The first-order valence-electron chi connectivity index (χ1n) is 3.78. The van der Waals surface area contributed by atoms with Crippen molar-refractivity contribution in [2.24, 2.45) is 0 Å². The molecule has 0 aliphatic heterocycles. The van der Waals surface area contributed by atoms with Gasteiger partial charge in [-0.05, 0) is 13.8 Å². The third kappa shape index (κ3) is 3.46. The lowest BCUT2D eigenvalue weighted by molar-refractivity contribution is 0.129. The standard InChI is InChI=1S/C7H10N4O2/c1-5(2)13-7(12)11-6-9-3-8-4-10-6/h3-5H,1-2H3,(H,8,9,10,11,12). The van der Waals surface area contributed by atoms with Crippen LogP contribution in [0.2, 0.25) is 0 Å². The molecule has 0 aliphatic rings. The van der Waals surface area contributed by atoms with Crippen molar-refractivity contribution in [2.45, 2.75) is 20.0 Å². The van der Waals surface area contributed by atoms with Gasteiger partial charge in [0.05, 0.1) is 6.10 Å². The minimum absolute atomic E-state index is 0.165. The highest BCUT2D eigenvalue weighted by Crippen LogP contribution is 1.96. The summed E-state index contributed by atoms with van der Waals surface area (Å²) >= 11 is 0. The van der Waals surface area contributed by atoms with Gasteiger partial charge < -0.3 is 4.74 Å². The SMILES string of the molecule is CC(C)OC(=O)Nc1ncncn1. The number of nitrogens with zero attached hydrogens (tertiary/aromatic N) is 3. The molecule has 6 nitrogen and oxygen atoms in total. The lowest BCUT2D eigenvalue weighted by atomic mass is 10.5. The van der Waals surface area contributed by atoms with Crippen LogP contribution in [-0.4, -0.2) is 27.1 Å². The van der Waals surface area contributed by atoms with Crippen LogP contribution in [-0.2, 0) is 4.74 Å². The molecule has 0 radical (unpaired) electrons. The second-order valence-electron chi connectivity index (χ2n) is 2.54. The van der Waals surface area contributed by atoms with Crippen molar-refractivity contribution >= 4 is 12.0 Å². The van der Waals surface area contributed by atoms with Crippen molar-refractivity contribution in [3.05, 3.63) is 12.7 Å². The first-order valence-corrected chi connectivity index (χ1v) is 3.78. The fraction of sp³-hybridized carbons (Fsp3) is 0.429. The molecule has 0 bridgehead atoms. The summed E-state index contributed by atoms with van der Waals surface area (Å²) in [6, 6.07) is 0. The Morgan fingerprint density at radius 3 is 2.62 bits per heavy atom. The third-order valence-corrected chi connectivity index (χ3v) is 1.05. The summed E-state index contributed by atoms with van der Waals surface area (Å²) < 4.78 is 4.80. The smallest absolute Gasteiger partial charge is 0.414 e. The quantitative estimate of drug-likeness (QED) is 0.732. The van der Waals surface area contributed by atoms with Crippen molar-refractivity contribution in [3.63, 3.8) is 0 Å². The Kier molecular flexibility index (Phi) is 3.13. The molecule has 6 heteroatoms. The Labute approximate surface area is 75.4 Å². The minimum atomic E-state index is -0.568. The van der Waals surface area contributed by atoms with Crippen LogP contribution in [0.3, 0.4) is 0 Å². The first kappa shape index (κ1) is 9.37. The van der Waals surface area contributed by atoms with E-state index in [1.165, 1.54) is 12.7 Å². The van der Waals surface area contributed by atoms with Crippen molar-refractivity contribution in [1.29, 1.82) is 0 Å². The number of rotatable bonds is 2. The number of carbonyl (C=O) groups is 1. The maximum absolute atomic E-state index is 11.0. The lowest BCUT2D eigenvalue weighted by Gasteiger charge is -2.07. The van der Waals surface area contributed by atoms with E-state index in [4.69, 9.17) is 4.74 Å². The number of aromatic nitrogens is 3. The highest BCUT2D eigenvalue weighted by atomic mass is 16.6. The fourth-order valence-corrected chi connectivity index (χ4v) is 0.639. The third-order valence-electron chi connectivity index (χ3n) is 1.05. The van der Waals surface area contributed by atoms with E-state index in [1.54, 1.807) is 13.8 Å². The number of carbonyl (C=O) groups excluding carboxylic acids is 1. The summed E-state index contributed by atoms with van der Waals surface area (Å²) in [4.78, 5) is 22.0. The van der Waals surface area contributed by atoms with Crippen LogP contribution in [0, 0.1) is 0 Å². The molecule has 0 fully saturated rings. The summed E-state index contributed by atoms with van der Waals surface area (Å²) in [5.41, 5.74) is 0. The summed E-state index contributed by atoms with van der Waals surface area (Å²) in [6.45, 7) is 3.51. The number of hydrogen-bond acceptors (Lipinski definition) is 5. The zero-order chi connectivity index (χ0) is 9.68. The monoisotopic (exact) mass is 182 g/mol. The van der Waals surface area contributed by atoms with E-state index in [1.807, 2.05) is 0 Å². The van der Waals surface area contributed by atoms with Gasteiger partial charge in [-0.25, -0.2) is 19.7 Å². The molecule has 0 aromatic carbocycles. The number of ether oxygens (including phenoxy) is 1. The van der Waals surface area contributed by atoms with Crippen LogP contribution in [0.5, 0.6) is 0 Å². The van der Waals surface area contributed by atoms with Gasteiger partial charge in [-0.1, -0.05) is 0 Å². The van der Waals surface area contributed by atoms with Gasteiger partial charge in [0, 0.05) is 0 Å². The Hall–Kier alpha value is -1.72. The topological polar surface area (TPSA) is 77.0 Å². The number of anilines is 1. The van der Waals surface area contributed by atoms with Gasteiger partial charge in [0.25, 0.3) is 0 Å². The predicted octanol–water partition coefficient (Wildman–Crippen LogP) is 0.828. The van der Waals surface area contributed by atoms with Crippen LogP contribution in [0.15, 0.2) is 12.7 Å². The van der Waals surface area contributed by atoms with E-state index in [-0.39, 0.29) is 12.1 Å². The van der Waals surface area contributed by atoms with Gasteiger partial charge in [-0.2, -0.15) is 0 Å². The van der Waals surface area contributed by atoms with E-state index in [2.05, 4.69) is 20.3 Å². The molecule has 0 saturated carbocycles. The highest BCUT2D eigenvalue weighted by Gasteiger charge is 2.05. The minimum Gasteiger partial charge on any atom is -0.447 e. The molecule has 1 heterocycles. The molecule has 0 unspecified atom stereocenters. The summed E-state index contributed by atoms with van der Waals surface area (Å²) in [5, 5.41) is 2.35. The zero-order valence-electron chi connectivity index (χ0n) is 7.39. The number of amides is 1. The molecule has 13 heavy (non-hydrogen) atoms. The van der Waals surface area contributed by atoms with Crippen LogP contribution in [0.1, 0.15) is 13.8 Å². The van der Waals surface area contributed by atoms with Gasteiger partial charge in [0.15, 0.2) is 0 Å². The maximum Gasteiger partial charge on any atom is 0.414 e. The fourth-order valence-electron chi connectivity index (χ4n) is 0.639. The Morgan fingerprint density at radius 2 is 2.08 bits per heavy atom.